The summed E-state index contributed by atoms with van der Waals surface area (Å²) in [5.74, 6) is 1.00. The first-order valence-corrected chi connectivity index (χ1v) is 5.88. The predicted molar refractivity (Wildman–Crippen MR) is 61.9 cm³/mol. The average molecular weight is 219 g/mol. The second kappa shape index (κ2) is 4.07. The molecule has 2 aliphatic rings. The third kappa shape index (κ3) is 1.60. The van der Waals surface area contributed by atoms with E-state index in [2.05, 4.69) is 17.4 Å². The molecule has 86 valence electrons. The Morgan fingerprint density at radius 1 is 1.38 bits per heavy atom. The van der Waals surface area contributed by atoms with Crippen LogP contribution in [0.1, 0.15) is 11.1 Å². The summed E-state index contributed by atoms with van der Waals surface area (Å²) in [4.78, 5) is 0. The Morgan fingerprint density at radius 2 is 2.31 bits per heavy atom. The van der Waals surface area contributed by atoms with E-state index in [1.54, 1.807) is 7.11 Å². The maximum Gasteiger partial charge on any atom is 0.122 e. The number of methoxy groups -OCH3 is 1. The SMILES string of the molecule is COc1cccc2c1C[C@@H]1OCCN[C@H]1C2. The van der Waals surface area contributed by atoms with Crippen molar-refractivity contribution in [2.24, 2.45) is 0 Å². The van der Waals surface area contributed by atoms with Crippen molar-refractivity contribution in [1.29, 1.82) is 0 Å². The van der Waals surface area contributed by atoms with Gasteiger partial charge in [0.05, 0.1) is 19.8 Å². The second-order valence-corrected chi connectivity index (χ2v) is 4.48. The van der Waals surface area contributed by atoms with Gasteiger partial charge in [-0.3, -0.25) is 0 Å². The molecule has 2 atom stereocenters. The molecule has 0 spiro atoms. The van der Waals surface area contributed by atoms with Crippen LogP contribution in [-0.4, -0.2) is 32.4 Å². The van der Waals surface area contributed by atoms with Gasteiger partial charge in [-0.2, -0.15) is 0 Å². The topological polar surface area (TPSA) is 30.5 Å². The molecule has 0 unspecified atom stereocenters. The summed E-state index contributed by atoms with van der Waals surface area (Å²) in [5, 5.41) is 3.53. The third-order valence-electron chi connectivity index (χ3n) is 3.58. The maximum atomic E-state index is 5.82. The predicted octanol–water partition coefficient (Wildman–Crippen LogP) is 1.15. The Bertz CT molecular complexity index is 392. The second-order valence-electron chi connectivity index (χ2n) is 4.48. The lowest BCUT2D eigenvalue weighted by molar-refractivity contribution is -0.00773. The molecule has 0 saturated carbocycles. The molecule has 1 aliphatic heterocycles. The van der Waals surface area contributed by atoms with Gasteiger partial charge in [0.2, 0.25) is 0 Å². The van der Waals surface area contributed by atoms with Crippen LogP contribution in [0.3, 0.4) is 0 Å². The van der Waals surface area contributed by atoms with Crippen molar-refractivity contribution in [3.05, 3.63) is 29.3 Å². The van der Waals surface area contributed by atoms with Crippen LogP contribution in [0.15, 0.2) is 18.2 Å². The van der Waals surface area contributed by atoms with Gasteiger partial charge in [-0.15, -0.1) is 0 Å². The van der Waals surface area contributed by atoms with Gasteiger partial charge in [0, 0.05) is 19.0 Å². The van der Waals surface area contributed by atoms with E-state index in [0.717, 1.165) is 31.7 Å². The summed E-state index contributed by atoms with van der Waals surface area (Å²) in [6, 6.07) is 6.79. The Hall–Kier alpha value is -1.06. The molecule has 0 radical (unpaired) electrons. The fourth-order valence-corrected chi connectivity index (χ4v) is 2.77. The number of rotatable bonds is 1. The summed E-state index contributed by atoms with van der Waals surface area (Å²) >= 11 is 0. The molecule has 1 aliphatic carbocycles. The van der Waals surface area contributed by atoms with Crippen molar-refractivity contribution in [1.82, 2.24) is 5.32 Å². The van der Waals surface area contributed by atoms with E-state index in [0.29, 0.717) is 12.1 Å². The molecule has 3 heteroatoms. The molecule has 0 aromatic heterocycles. The molecule has 1 fully saturated rings. The Labute approximate surface area is 95.8 Å². The number of hydrogen-bond donors (Lipinski definition) is 1. The van der Waals surface area contributed by atoms with Crippen molar-refractivity contribution < 1.29 is 9.47 Å². The van der Waals surface area contributed by atoms with Gasteiger partial charge in [-0.1, -0.05) is 12.1 Å². The normalized spacial score (nSPS) is 28.1. The first-order chi connectivity index (χ1) is 7.88. The van der Waals surface area contributed by atoms with Gasteiger partial charge in [-0.25, -0.2) is 0 Å². The lowest BCUT2D eigenvalue weighted by atomic mass is 9.85. The van der Waals surface area contributed by atoms with Gasteiger partial charge >= 0.3 is 0 Å². The van der Waals surface area contributed by atoms with Gasteiger partial charge in [0.25, 0.3) is 0 Å². The fraction of sp³-hybridized carbons (Fsp3) is 0.538. The Balaban J connectivity index is 1.95. The molecule has 1 N–H and O–H groups in total. The minimum absolute atomic E-state index is 0.317. The zero-order valence-corrected chi connectivity index (χ0v) is 9.53. The van der Waals surface area contributed by atoms with Crippen LogP contribution in [0.2, 0.25) is 0 Å². The van der Waals surface area contributed by atoms with E-state index < -0.39 is 0 Å². The largest absolute Gasteiger partial charge is 0.496 e. The highest BCUT2D eigenvalue weighted by atomic mass is 16.5. The molecule has 1 heterocycles. The van der Waals surface area contributed by atoms with Crippen LogP contribution in [0.4, 0.5) is 0 Å². The van der Waals surface area contributed by atoms with Crippen LogP contribution in [-0.2, 0) is 17.6 Å². The molecule has 0 bridgehead atoms. The summed E-state index contributed by atoms with van der Waals surface area (Å²) in [5.41, 5.74) is 2.73. The Morgan fingerprint density at radius 3 is 3.19 bits per heavy atom. The molecule has 1 aromatic rings. The number of hydrogen-bond acceptors (Lipinski definition) is 3. The van der Waals surface area contributed by atoms with E-state index in [9.17, 15) is 0 Å². The highest BCUT2D eigenvalue weighted by Crippen LogP contribution is 2.31. The number of fused-ring (bicyclic) bond motifs is 2. The van der Waals surface area contributed by atoms with Crippen molar-refractivity contribution in [3.8, 4) is 5.75 Å². The molecule has 1 saturated heterocycles. The van der Waals surface area contributed by atoms with E-state index in [1.165, 1.54) is 11.1 Å². The van der Waals surface area contributed by atoms with Crippen LogP contribution in [0.25, 0.3) is 0 Å². The van der Waals surface area contributed by atoms with E-state index >= 15 is 0 Å². The highest BCUT2D eigenvalue weighted by Gasteiger charge is 2.32. The lowest BCUT2D eigenvalue weighted by Gasteiger charge is -2.37. The summed E-state index contributed by atoms with van der Waals surface area (Å²) in [6.45, 7) is 1.80. The van der Waals surface area contributed by atoms with Gasteiger partial charge in [0.1, 0.15) is 5.75 Å². The number of benzene rings is 1. The van der Waals surface area contributed by atoms with E-state index in [-0.39, 0.29) is 0 Å². The minimum Gasteiger partial charge on any atom is -0.496 e. The molecule has 3 rings (SSSR count). The minimum atomic E-state index is 0.317. The van der Waals surface area contributed by atoms with Gasteiger partial charge < -0.3 is 14.8 Å². The van der Waals surface area contributed by atoms with Crippen molar-refractivity contribution in [3.63, 3.8) is 0 Å². The first kappa shape index (κ1) is 10.1. The number of nitrogens with one attached hydrogen (secondary N) is 1. The summed E-state index contributed by atoms with van der Waals surface area (Å²) in [7, 11) is 1.74. The van der Waals surface area contributed by atoms with Crippen molar-refractivity contribution in [2.45, 2.75) is 25.0 Å². The molecule has 1 aromatic carbocycles. The molecule has 3 nitrogen and oxygen atoms in total. The quantitative estimate of drug-likeness (QED) is 0.768. The van der Waals surface area contributed by atoms with Crippen LogP contribution in [0, 0.1) is 0 Å². The monoisotopic (exact) mass is 219 g/mol. The van der Waals surface area contributed by atoms with Crippen LogP contribution in [0.5, 0.6) is 5.75 Å². The Kier molecular flexibility index (Phi) is 2.58. The van der Waals surface area contributed by atoms with E-state index in [1.807, 2.05) is 6.07 Å². The molecule has 0 amide bonds. The number of ether oxygens (including phenoxy) is 2. The third-order valence-corrected chi connectivity index (χ3v) is 3.58. The van der Waals surface area contributed by atoms with Crippen molar-refractivity contribution >= 4 is 0 Å². The van der Waals surface area contributed by atoms with Crippen LogP contribution >= 0.6 is 0 Å². The zero-order chi connectivity index (χ0) is 11.0. The summed E-state index contributed by atoms with van der Waals surface area (Å²) < 4.78 is 11.2. The standard InChI is InChI=1S/C13H17NO2/c1-15-12-4-2-3-9-7-11-13(8-10(9)12)16-6-5-14-11/h2-4,11,13-14H,5-8H2,1H3/t11-,13-/m0/s1. The molecular formula is C13H17NO2. The maximum absolute atomic E-state index is 5.82. The smallest absolute Gasteiger partial charge is 0.122 e. The summed E-state index contributed by atoms with van der Waals surface area (Å²) in [6.07, 6.45) is 2.34. The zero-order valence-electron chi connectivity index (χ0n) is 9.53. The molecule has 16 heavy (non-hydrogen) atoms. The van der Waals surface area contributed by atoms with Crippen LogP contribution < -0.4 is 10.1 Å². The number of morpholine rings is 1. The highest BCUT2D eigenvalue weighted by molar-refractivity contribution is 5.43. The first-order valence-electron chi connectivity index (χ1n) is 5.88. The van der Waals surface area contributed by atoms with E-state index in [4.69, 9.17) is 9.47 Å². The average Bonchev–Trinajstić information content (AvgIpc) is 2.35. The fourth-order valence-electron chi connectivity index (χ4n) is 2.77. The van der Waals surface area contributed by atoms with Crippen molar-refractivity contribution in [2.75, 3.05) is 20.3 Å². The lowest BCUT2D eigenvalue weighted by Crippen LogP contribution is -2.52. The molecular weight excluding hydrogens is 202 g/mol. The van der Waals surface area contributed by atoms with Gasteiger partial charge in [-0.05, 0) is 23.6 Å². The van der Waals surface area contributed by atoms with Gasteiger partial charge in [0.15, 0.2) is 0 Å².